The summed E-state index contributed by atoms with van der Waals surface area (Å²) in [7, 11) is -3.85. The van der Waals surface area contributed by atoms with E-state index in [0.717, 1.165) is 6.07 Å². The second kappa shape index (κ2) is 10.1. The number of sulfonamides is 1. The molecule has 1 atom stereocenters. The van der Waals surface area contributed by atoms with Crippen molar-refractivity contribution in [2.24, 2.45) is 0 Å². The van der Waals surface area contributed by atoms with Crippen LogP contribution in [0.25, 0.3) is 0 Å². The molecule has 3 heterocycles. The van der Waals surface area contributed by atoms with Crippen LogP contribution in [0.15, 0.2) is 36.8 Å². The zero-order chi connectivity index (χ0) is 24.2. The Labute approximate surface area is 192 Å². The molecule has 180 valence electrons. The molecule has 1 aliphatic heterocycles. The van der Waals surface area contributed by atoms with E-state index >= 15 is 0 Å². The molecule has 3 rings (SSSR count). The van der Waals surface area contributed by atoms with E-state index in [-0.39, 0.29) is 36.8 Å². The van der Waals surface area contributed by atoms with Gasteiger partial charge in [-0.05, 0) is 30.5 Å². The van der Waals surface area contributed by atoms with Crippen LogP contribution in [0.1, 0.15) is 30.0 Å². The Balaban J connectivity index is 1.62. The number of carbonyl (C=O) groups is 1. The molecule has 1 saturated heterocycles. The van der Waals surface area contributed by atoms with Gasteiger partial charge in [0.05, 0.1) is 17.4 Å². The zero-order valence-electron chi connectivity index (χ0n) is 17.0. The van der Waals surface area contributed by atoms with Crippen molar-refractivity contribution in [2.45, 2.75) is 31.2 Å². The van der Waals surface area contributed by atoms with E-state index in [4.69, 9.17) is 21.4 Å². The molecular weight excluding hydrogens is 489 g/mol. The van der Waals surface area contributed by atoms with Gasteiger partial charge in [-0.2, -0.15) is 13.2 Å². The van der Waals surface area contributed by atoms with Crippen molar-refractivity contribution < 1.29 is 36.2 Å². The van der Waals surface area contributed by atoms with Crippen molar-refractivity contribution in [1.29, 1.82) is 0 Å². The Kier molecular flexibility index (Phi) is 7.65. The van der Waals surface area contributed by atoms with Gasteiger partial charge in [0.1, 0.15) is 11.1 Å². The maximum atomic E-state index is 12.9. The lowest BCUT2D eigenvalue weighted by Gasteiger charge is -2.32. The van der Waals surface area contributed by atoms with Gasteiger partial charge in [-0.1, -0.05) is 17.7 Å². The molecule has 1 unspecified atom stereocenters. The average Bonchev–Trinajstić information content (AvgIpc) is 2.74. The van der Waals surface area contributed by atoms with Crippen molar-refractivity contribution >= 4 is 27.7 Å². The zero-order valence-corrected chi connectivity index (χ0v) is 18.6. The summed E-state index contributed by atoms with van der Waals surface area (Å²) in [5.41, 5.74) is -0.594. The average molecular weight is 509 g/mol. The SMILES string of the molecule is O=C(O)NC(CS(=O)(=O)N1CCC(Oc2ncc(C(F)(F)F)cc2Cl)CC1)c1cccnc1. The van der Waals surface area contributed by atoms with E-state index in [2.05, 4.69) is 15.3 Å². The summed E-state index contributed by atoms with van der Waals surface area (Å²) < 4.78 is 70.8. The Morgan fingerprint density at radius 3 is 2.58 bits per heavy atom. The van der Waals surface area contributed by atoms with Crippen molar-refractivity contribution in [3.8, 4) is 5.88 Å². The Morgan fingerprint density at radius 1 is 1.33 bits per heavy atom. The molecule has 1 amide bonds. The van der Waals surface area contributed by atoms with E-state index in [1.807, 2.05) is 0 Å². The Morgan fingerprint density at radius 2 is 2.03 bits per heavy atom. The van der Waals surface area contributed by atoms with Crippen LogP contribution in [0.5, 0.6) is 5.88 Å². The van der Waals surface area contributed by atoms with Crippen molar-refractivity contribution in [3.63, 3.8) is 0 Å². The highest BCUT2D eigenvalue weighted by Gasteiger charge is 2.34. The molecule has 14 heteroatoms. The Hall–Kier alpha value is -2.64. The van der Waals surface area contributed by atoms with Crippen LogP contribution < -0.4 is 10.1 Å². The first-order chi connectivity index (χ1) is 15.5. The molecule has 0 aliphatic carbocycles. The topological polar surface area (TPSA) is 122 Å². The van der Waals surface area contributed by atoms with Crippen LogP contribution in [0.2, 0.25) is 5.02 Å². The summed E-state index contributed by atoms with van der Waals surface area (Å²) in [5, 5.41) is 11.0. The minimum atomic E-state index is -4.59. The number of hydrogen-bond donors (Lipinski definition) is 2. The van der Waals surface area contributed by atoms with Gasteiger partial charge in [-0.15, -0.1) is 0 Å². The fourth-order valence-electron chi connectivity index (χ4n) is 3.32. The van der Waals surface area contributed by atoms with Crippen molar-refractivity contribution in [1.82, 2.24) is 19.6 Å². The molecule has 2 aromatic rings. The largest absolute Gasteiger partial charge is 0.473 e. The van der Waals surface area contributed by atoms with E-state index in [0.29, 0.717) is 11.8 Å². The number of halogens is 4. The van der Waals surface area contributed by atoms with Gasteiger partial charge in [0.25, 0.3) is 0 Å². The van der Waals surface area contributed by atoms with E-state index in [9.17, 15) is 26.4 Å². The van der Waals surface area contributed by atoms with Crippen LogP contribution in [-0.4, -0.2) is 58.8 Å². The van der Waals surface area contributed by atoms with Crippen LogP contribution in [0.3, 0.4) is 0 Å². The molecule has 33 heavy (non-hydrogen) atoms. The number of amides is 1. The summed E-state index contributed by atoms with van der Waals surface area (Å²) in [6.07, 6.45) is -2.45. The second-order valence-corrected chi connectivity index (χ2v) is 9.71. The summed E-state index contributed by atoms with van der Waals surface area (Å²) in [5.74, 6) is -0.656. The lowest BCUT2D eigenvalue weighted by molar-refractivity contribution is -0.137. The maximum absolute atomic E-state index is 12.9. The van der Waals surface area contributed by atoms with Crippen LogP contribution in [0.4, 0.5) is 18.0 Å². The fraction of sp³-hybridized carbons (Fsp3) is 0.421. The van der Waals surface area contributed by atoms with Gasteiger partial charge >= 0.3 is 12.3 Å². The predicted molar refractivity (Wildman–Crippen MR) is 111 cm³/mol. The highest BCUT2D eigenvalue weighted by atomic mass is 35.5. The first kappa shape index (κ1) is 25.0. The lowest BCUT2D eigenvalue weighted by Crippen LogP contribution is -2.45. The molecule has 0 bridgehead atoms. The third kappa shape index (κ3) is 6.68. The van der Waals surface area contributed by atoms with Gasteiger partial charge in [-0.3, -0.25) is 4.98 Å². The number of aromatic nitrogens is 2. The number of piperidine rings is 1. The number of nitrogens with one attached hydrogen (secondary N) is 1. The molecule has 1 fully saturated rings. The normalized spacial score (nSPS) is 16.8. The van der Waals surface area contributed by atoms with Gasteiger partial charge in [0.2, 0.25) is 15.9 Å². The van der Waals surface area contributed by atoms with E-state index in [1.165, 1.54) is 16.7 Å². The summed E-state index contributed by atoms with van der Waals surface area (Å²) in [6.45, 7) is 0.163. The molecule has 0 spiro atoms. The highest BCUT2D eigenvalue weighted by molar-refractivity contribution is 7.89. The minimum absolute atomic E-state index is 0.0814. The maximum Gasteiger partial charge on any atom is 0.417 e. The van der Waals surface area contributed by atoms with E-state index < -0.39 is 45.8 Å². The molecule has 1 aliphatic rings. The smallest absolute Gasteiger partial charge is 0.417 e. The molecule has 9 nitrogen and oxygen atoms in total. The quantitative estimate of drug-likeness (QED) is 0.588. The highest BCUT2D eigenvalue weighted by Crippen LogP contribution is 2.34. The van der Waals surface area contributed by atoms with Gasteiger partial charge in [0, 0.05) is 31.7 Å². The first-order valence-electron chi connectivity index (χ1n) is 9.72. The predicted octanol–water partition coefficient (Wildman–Crippen LogP) is 3.33. The van der Waals surface area contributed by atoms with Gasteiger partial charge < -0.3 is 15.2 Å². The number of alkyl halides is 3. The standard InChI is InChI=1S/C19H20ClF3N4O5S/c20-15-8-13(19(21,22)23)10-25-17(15)32-14-3-6-27(7-4-14)33(30,31)11-16(26-18(28)29)12-2-1-5-24-9-12/h1-2,5,8-10,14,16,26H,3-4,6-7,11H2,(H,28,29). The van der Waals surface area contributed by atoms with Gasteiger partial charge in [-0.25, -0.2) is 22.5 Å². The second-order valence-electron chi connectivity index (χ2n) is 7.29. The van der Waals surface area contributed by atoms with Crippen molar-refractivity contribution in [2.75, 3.05) is 18.8 Å². The number of hydrogen-bond acceptors (Lipinski definition) is 6. The number of nitrogens with zero attached hydrogens (tertiary/aromatic N) is 3. The lowest BCUT2D eigenvalue weighted by atomic mass is 10.1. The summed E-state index contributed by atoms with van der Waals surface area (Å²) >= 11 is 5.86. The van der Waals surface area contributed by atoms with Gasteiger partial charge in [0.15, 0.2) is 0 Å². The third-order valence-corrected chi connectivity index (χ3v) is 7.15. The Bertz CT molecular complexity index is 1080. The number of rotatable bonds is 7. The van der Waals surface area contributed by atoms with Crippen molar-refractivity contribution in [3.05, 3.63) is 52.9 Å². The number of ether oxygens (including phenoxy) is 1. The molecule has 2 N–H and O–H groups in total. The number of carboxylic acid groups (broad SMARTS) is 1. The van der Waals surface area contributed by atoms with Crippen LogP contribution in [0, 0.1) is 0 Å². The van der Waals surface area contributed by atoms with Crippen LogP contribution >= 0.6 is 11.6 Å². The molecule has 2 aromatic heterocycles. The van der Waals surface area contributed by atoms with Crippen LogP contribution in [-0.2, 0) is 16.2 Å². The minimum Gasteiger partial charge on any atom is -0.473 e. The summed E-state index contributed by atoms with van der Waals surface area (Å²) in [4.78, 5) is 18.7. The monoisotopic (exact) mass is 508 g/mol. The van der Waals surface area contributed by atoms with E-state index in [1.54, 1.807) is 12.1 Å². The third-order valence-electron chi connectivity index (χ3n) is 4.97. The fourth-order valence-corrected chi connectivity index (χ4v) is 5.21. The molecular formula is C19H20ClF3N4O5S. The molecule has 0 aromatic carbocycles. The molecule has 0 radical (unpaired) electrons. The molecule has 0 saturated carbocycles. The first-order valence-corrected chi connectivity index (χ1v) is 11.7. The number of pyridine rings is 2. The summed E-state index contributed by atoms with van der Waals surface area (Å²) in [6, 6.07) is 2.86.